The van der Waals surface area contributed by atoms with Crippen LogP contribution in [0.1, 0.15) is 153 Å². The largest absolute Gasteiger partial charge is 0.494 e. The van der Waals surface area contributed by atoms with E-state index < -0.39 is 5.09 Å². The number of hydrogen-bond donors (Lipinski definition) is 2. The van der Waals surface area contributed by atoms with Crippen LogP contribution in [0.3, 0.4) is 0 Å². The van der Waals surface area contributed by atoms with Crippen molar-refractivity contribution in [2.75, 3.05) is 13.2 Å². The standard InChI is InChI=1S/2C30H38NO.Ir.H2NO3/c1-3-4-5-6-7-8-9-10-11-12-23-32-29-20-17-26(18-21-29)28-19-22-30(31-24-28)27-15-13-25(2)14-16-27;1-3-4-5-6-7-8-9-10-11-12-22-32-29-19-16-26(17-20-29)28-18-21-30(31-24-28)27-15-13-14-25(2)23-27;;2-1(3)4/h13-15,17-22,24H,3-12,23H2,1-2H3;13-14,16-21,23-24H,3-12,22H2,1-2H3;;(H2,2,3,4)/q2*-1;;+1. The van der Waals surface area contributed by atoms with Gasteiger partial charge >= 0.3 is 5.09 Å². The summed E-state index contributed by atoms with van der Waals surface area (Å²) in [5.41, 5.74) is 10.9. The molecule has 0 amide bonds. The summed E-state index contributed by atoms with van der Waals surface area (Å²) in [6.45, 7) is 10.3. The molecule has 373 valence electrons. The first kappa shape index (κ1) is 57.9. The van der Waals surface area contributed by atoms with E-state index in [1.807, 2.05) is 24.5 Å². The van der Waals surface area contributed by atoms with Gasteiger partial charge in [-0.05, 0) is 70.7 Å². The second-order valence-electron chi connectivity index (χ2n) is 17.8. The number of benzene rings is 4. The Balaban J connectivity index is 0.000000334. The number of pyridine rings is 2. The van der Waals surface area contributed by atoms with Gasteiger partial charge in [0.05, 0.1) is 13.2 Å². The predicted octanol–water partition coefficient (Wildman–Crippen LogP) is 17.2. The van der Waals surface area contributed by atoms with E-state index in [9.17, 15) is 0 Å². The van der Waals surface area contributed by atoms with Crippen molar-refractivity contribution < 1.29 is 45.1 Å². The molecule has 4 aromatic carbocycles. The number of nitrogens with zero attached hydrogens (tertiary/aromatic N) is 3. The molecular formula is C60H78IrN3O5-. The molecule has 2 heterocycles. The third kappa shape index (κ3) is 24.7. The van der Waals surface area contributed by atoms with E-state index in [-0.39, 0.29) is 20.1 Å². The summed E-state index contributed by atoms with van der Waals surface area (Å²) in [5.74, 6) is 1.90. The molecule has 0 unspecified atom stereocenters. The SMILES string of the molecule is CCCCCCCCCCCCOc1ccc(-c2ccc(-c3[c-]cc(C)cc3)nc2)cc1.CCCCCCCCCCCCOc1ccc(-c2ccc(-c3[c-]ccc(C)c3)nc2)cc1.O=[N+](O)O.[Ir]. The average Bonchev–Trinajstić information content (AvgIpc) is 3.36. The van der Waals surface area contributed by atoms with Gasteiger partial charge in [-0.25, -0.2) is 10.4 Å². The summed E-state index contributed by atoms with van der Waals surface area (Å²) in [6.07, 6.45) is 30.8. The molecule has 8 nitrogen and oxygen atoms in total. The molecule has 6 aromatic rings. The Morgan fingerprint density at radius 2 is 0.855 bits per heavy atom. The van der Waals surface area contributed by atoms with Gasteiger partial charge in [0.2, 0.25) is 0 Å². The Labute approximate surface area is 428 Å². The maximum atomic E-state index is 8.47. The van der Waals surface area contributed by atoms with Crippen LogP contribution in [0, 0.1) is 30.9 Å². The van der Waals surface area contributed by atoms with Crippen LogP contribution >= 0.6 is 0 Å². The topological polar surface area (TPSA) is 105 Å². The summed E-state index contributed by atoms with van der Waals surface area (Å²) >= 11 is 0. The van der Waals surface area contributed by atoms with Crippen molar-refractivity contribution in [2.24, 2.45) is 0 Å². The molecule has 1 radical (unpaired) electrons. The van der Waals surface area contributed by atoms with Gasteiger partial charge < -0.3 is 19.4 Å². The van der Waals surface area contributed by atoms with Crippen molar-refractivity contribution in [2.45, 2.75) is 156 Å². The van der Waals surface area contributed by atoms with Crippen molar-refractivity contribution in [3.8, 4) is 56.3 Å². The first-order chi connectivity index (χ1) is 33.2. The van der Waals surface area contributed by atoms with Crippen molar-refractivity contribution in [3.05, 3.63) is 150 Å². The maximum Gasteiger partial charge on any atom is 0.472 e. The molecule has 0 bridgehead atoms. The molecule has 0 atom stereocenters. The summed E-state index contributed by atoms with van der Waals surface area (Å²) in [4.78, 5) is 17.7. The van der Waals surface area contributed by atoms with E-state index in [2.05, 4.69) is 147 Å². The summed E-state index contributed by atoms with van der Waals surface area (Å²) in [6, 6.07) is 43.9. The normalized spacial score (nSPS) is 10.5. The fourth-order valence-electron chi connectivity index (χ4n) is 7.88. The number of aryl methyl sites for hydroxylation is 2. The van der Waals surface area contributed by atoms with E-state index in [1.165, 1.54) is 127 Å². The van der Waals surface area contributed by atoms with Crippen LogP contribution < -0.4 is 9.47 Å². The minimum Gasteiger partial charge on any atom is -0.494 e. The van der Waals surface area contributed by atoms with Crippen molar-refractivity contribution in [1.29, 1.82) is 0 Å². The van der Waals surface area contributed by atoms with Crippen molar-refractivity contribution >= 4 is 0 Å². The minimum absolute atomic E-state index is 0. The van der Waals surface area contributed by atoms with E-state index in [0.717, 1.165) is 82.3 Å². The smallest absolute Gasteiger partial charge is 0.472 e. The van der Waals surface area contributed by atoms with Gasteiger partial charge in [0.1, 0.15) is 16.4 Å². The monoisotopic (exact) mass is 1110 g/mol. The second kappa shape index (κ2) is 35.7. The van der Waals surface area contributed by atoms with Gasteiger partial charge in [-0.2, -0.15) is 0 Å². The Kier molecular flexibility index (Phi) is 30.0. The second-order valence-corrected chi connectivity index (χ2v) is 17.8. The van der Waals surface area contributed by atoms with E-state index in [4.69, 9.17) is 24.8 Å². The number of aromatic nitrogens is 2. The van der Waals surface area contributed by atoms with Crippen molar-refractivity contribution in [3.63, 3.8) is 0 Å². The molecule has 0 aliphatic rings. The molecule has 0 fully saturated rings. The quantitative estimate of drug-likeness (QED) is 0.0286. The van der Waals surface area contributed by atoms with Crippen molar-refractivity contribution in [1.82, 2.24) is 9.97 Å². The third-order valence-corrected chi connectivity index (χ3v) is 11.9. The first-order valence-electron chi connectivity index (χ1n) is 25.5. The predicted molar refractivity (Wildman–Crippen MR) is 279 cm³/mol. The molecular weight excluding hydrogens is 1030 g/mol. The minimum atomic E-state index is -1.25. The van der Waals surface area contributed by atoms with Crippen LogP contribution in [-0.2, 0) is 20.1 Å². The Morgan fingerprint density at radius 3 is 1.22 bits per heavy atom. The van der Waals surface area contributed by atoms with Gasteiger partial charge in [-0.3, -0.25) is 0 Å². The van der Waals surface area contributed by atoms with Crippen LogP contribution in [0.4, 0.5) is 0 Å². The molecule has 0 saturated heterocycles. The van der Waals surface area contributed by atoms with Crippen LogP contribution in [-0.4, -0.2) is 38.7 Å². The van der Waals surface area contributed by atoms with Gasteiger partial charge in [-0.1, -0.05) is 192 Å². The average molecular weight is 1110 g/mol. The fraction of sp³-hybridized carbons (Fsp3) is 0.433. The molecule has 2 N–H and O–H groups in total. The Morgan fingerprint density at radius 1 is 0.464 bits per heavy atom. The zero-order valence-corrected chi connectivity index (χ0v) is 44.3. The molecule has 0 aliphatic carbocycles. The van der Waals surface area contributed by atoms with Gasteiger partial charge in [0.25, 0.3) is 0 Å². The summed E-state index contributed by atoms with van der Waals surface area (Å²) in [7, 11) is 0. The van der Waals surface area contributed by atoms with Gasteiger partial charge in [0.15, 0.2) is 0 Å². The van der Waals surface area contributed by atoms with Crippen LogP contribution in [0.5, 0.6) is 11.5 Å². The number of rotatable bonds is 28. The molecule has 0 spiro atoms. The van der Waals surface area contributed by atoms with E-state index in [0.29, 0.717) is 0 Å². The molecule has 0 saturated carbocycles. The van der Waals surface area contributed by atoms with Crippen LogP contribution in [0.2, 0.25) is 0 Å². The van der Waals surface area contributed by atoms with Crippen LogP contribution in [0.15, 0.2) is 122 Å². The third-order valence-electron chi connectivity index (χ3n) is 11.9. The zero-order valence-electron chi connectivity index (χ0n) is 41.9. The first-order valence-corrected chi connectivity index (χ1v) is 25.5. The molecule has 0 aliphatic heterocycles. The summed E-state index contributed by atoms with van der Waals surface area (Å²) in [5, 5.41) is 12.5. The number of ether oxygens (including phenoxy) is 2. The maximum absolute atomic E-state index is 8.47. The molecule has 6 rings (SSSR count). The Bertz CT molecular complexity index is 2210. The molecule has 2 aromatic heterocycles. The van der Waals surface area contributed by atoms with Crippen LogP contribution in [0.25, 0.3) is 44.8 Å². The van der Waals surface area contributed by atoms with E-state index in [1.54, 1.807) is 0 Å². The summed E-state index contributed by atoms with van der Waals surface area (Å²) < 4.78 is 11.9. The number of unbranched alkanes of at least 4 members (excludes halogenated alkanes) is 18. The molecule has 9 heteroatoms. The number of hydrogen-bond acceptors (Lipinski definition) is 5. The van der Waals surface area contributed by atoms with Gasteiger partial charge in [-0.15, -0.1) is 70.8 Å². The van der Waals surface area contributed by atoms with E-state index >= 15 is 0 Å². The fourth-order valence-corrected chi connectivity index (χ4v) is 7.88. The molecule has 69 heavy (non-hydrogen) atoms. The van der Waals surface area contributed by atoms with Gasteiger partial charge in [0, 0.05) is 32.5 Å². The zero-order chi connectivity index (χ0) is 48.4. The Hall–Kier alpha value is -5.37.